The molecule has 9 nitrogen and oxygen atoms in total. The molecule has 1 aromatic carbocycles. The van der Waals surface area contributed by atoms with Crippen molar-refractivity contribution in [1.82, 2.24) is 19.5 Å². The lowest BCUT2D eigenvalue weighted by Crippen LogP contribution is -2.40. The van der Waals surface area contributed by atoms with E-state index >= 15 is 0 Å². The number of aromatic nitrogens is 3. The number of carbonyl (C=O) groups is 1. The molecule has 0 bridgehead atoms. The summed E-state index contributed by atoms with van der Waals surface area (Å²) in [5, 5.41) is 10.2. The molecule has 2 N–H and O–H groups in total. The average molecular weight is 422 g/mol. The van der Waals surface area contributed by atoms with Gasteiger partial charge in [-0.2, -0.15) is 9.40 Å². The molecule has 1 amide bonds. The number of hydrogen-bond acceptors (Lipinski definition) is 6. The minimum atomic E-state index is -3.71. The molecule has 3 heterocycles. The van der Waals surface area contributed by atoms with Crippen LogP contribution in [0.4, 0.5) is 5.69 Å². The second-order valence-electron chi connectivity index (χ2n) is 6.11. The number of halogens is 1. The SMILES string of the molecule is O=C(Nc1cc(S(=O)(=O)N2CCOCC2)ccc1Cl)c1n[nH]c2ccncc12. The van der Waals surface area contributed by atoms with Gasteiger partial charge in [0.1, 0.15) is 0 Å². The number of hydrogen-bond donors (Lipinski definition) is 2. The van der Waals surface area contributed by atoms with E-state index in [-0.39, 0.29) is 34.4 Å². The second-order valence-corrected chi connectivity index (χ2v) is 8.45. The molecule has 4 rings (SSSR count). The monoisotopic (exact) mass is 421 g/mol. The number of rotatable bonds is 4. The van der Waals surface area contributed by atoms with Gasteiger partial charge in [-0.15, -0.1) is 0 Å². The Labute approximate surface area is 165 Å². The average Bonchev–Trinajstić information content (AvgIpc) is 3.14. The van der Waals surface area contributed by atoms with Gasteiger partial charge in [0.2, 0.25) is 10.0 Å². The number of pyridine rings is 1. The lowest BCUT2D eigenvalue weighted by molar-refractivity contribution is 0.0730. The van der Waals surface area contributed by atoms with Gasteiger partial charge in [0.05, 0.1) is 39.7 Å². The van der Waals surface area contributed by atoms with E-state index in [2.05, 4.69) is 20.5 Å². The number of nitrogens with zero attached hydrogens (tertiary/aromatic N) is 3. The minimum Gasteiger partial charge on any atom is -0.379 e. The van der Waals surface area contributed by atoms with Crippen molar-refractivity contribution in [3.8, 4) is 0 Å². The Morgan fingerprint density at radius 1 is 1.25 bits per heavy atom. The predicted octanol–water partition coefficient (Wildman–Crippen LogP) is 1.88. The van der Waals surface area contributed by atoms with Crippen LogP contribution in [0.25, 0.3) is 10.9 Å². The molecule has 28 heavy (non-hydrogen) atoms. The van der Waals surface area contributed by atoms with E-state index < -0.39 is 15.9 Å². The van der Waals surface area contributed by atoms with E-state index in [1.807, 2.05) is 0 Å². The largest absolute Gasteiger partial charge is 0.379 e. The van der Waals surface area contributed by atoms with Gasteiger partial charge < -0.3 is 10.1 Å². The molecule has 0 saturated carbocycles. The number of sulfonamides is 1. The maximum atomic E-state index is 12.8. The van der Waals surface area contributed by atoms with Gasteiger partial charge >= 0.3 is 0 Å². The fourth-order valence-corrected chi connectivity index (χ4v) is 4.51. The minimum absolute atomic E-state index is 0.0441. The molecule has 1 saturated heterocycles. The van der Waals surface area contributed by atoms with Crippen LogP contribution in [-0.2, 0) is 14.8 Å². The van der Waals surface area contributed by atoms with Crippen molar-refractivity contribution in [2.75, 3.05) is 31.6 Å². The Kier molecular flexibility index (Phi) is 5.02. The van der Waals surface area contributed by atoms with Crippen LogP contribution in [0.2, 0.25) is 5.02 Å². The van der Waals surface area contributed by atoms with E-state index in [9.17, 15) is 13.2 Å². The number of aromatic amines is 1. The lowest BCUT2D eigenvalue weighted by Gasteiger charge is -2.26. The Morgan fingerprint density at radius 2 is 2.04 bits per heavy atom. The summed E-state index contributed by atoms with van der Waals surface area (Å²) in [5.74, 6) is -0.526. The number of morpholine rings is 1. The van der Waals surface area contributed by atoms with Crippen LogP contribution in [0.1, 0.15) is 10.5 Å². The van der Waals surface area contributed by atoms with E-state index in [1.165, 1.54) is 28.7 Å². The first kappa shape index (κ1) is 18.8. The van der Waals surface area contributed by atoms with Crippen molar-refractivity contribution >= 4 is 44.1 Å². The van der Waals surface area contributed by atoms with Crippen molar-refractivity contribution < 1.29 is 17.9 Å². The summed E-state index contributed by atoms with van der Waals surface area (Å²) in [6.07, 6.45) is 3.10. The number of anilines is 1. The Hall–Kier alpha value is -2.53. The standard InChI is InChI=1S/C17H16ClN5O4S/c18-13-2-1-11(28(25,26)23-5-7-27-8-6-23)9-15(13)20-17(24)16-12-10-19-4-3-14(12)21-22-16/h1-4,9-10H,5-8H2,(H,20,24)(H,21,22). The first-order valence-corrected chi connectivity index (χ1v) is 10.3. The molecule has 0 unspecified atom stereocenters. The smallest absolute Gasteiger partial charge is 0.276 e. The fraction of sp³-hybridized carbons (Fsp3) is 0.235. The van der Waals surface area contributed by atoms with Crippen LogP contribution in [0, 0.1) is 0 Å². The van der Waals surface area contributed by atoms with Gasteiger partial charge in [0.25, 0.3) is 5.91 Å². The molecule has 0 atom stereocenters. The summed E-state index contributed by atoms with van der Waals surface area (Å²) in [4.78, 5) is 16.7. The molecule has 0 spiro atoms. The second kappa shape index (κ2) is 7.47. The van der Waals surface area contributed by atoms with Crippen LogP contribution in [-0.4, -0.2) is 60.1 Å². The number of benzene rings is 1. The maximum Gasteiger partial charge on any atom is 0.276 e. The lowest BCUT2D eigenvalue weighted by atomic mass is 10.2. The van der Waals surface area contributed by atoms with Gasteiger partial charge in [0.15, 0.2) is 5.69 Å². The third kappa shape index (κ3) is 3.47. The van der Waals surface area contributed by atoms with E-state index in [1.54, 1.807) is 12.3 Å². The zero-order valence-electron chi connectivity index (χ0n) is 14.6. The first-order valence-electron chi connectivity index (χ1n) is 8.44. The van der Waals surface area contributed by atoms with Crippen LogP contribution < -0.4 is 5.32 Å². The Balaban J connectivity index is 1.63. The molecular formula is C17H16ClN5O4S. The van der Waals surface area contributed by atoms with Crippen molar-refractivity contribution in [1.29, 1.82) is 0 Å². The molecule has 0 aliphatic carbocycles. The quantitative estimate of drug-likeness (QED) is 0.664. The Morgan fingerprint density at radius 3 is 2.82 bits per heavy atom. The van der Waals surface area contributed by atoms with Crippen LogP contribution in [0.5, 0.6) is 0 Å². The van der Waals surface area contributed by atoms with Crippen LogP contribution in [0.3, 0.4) is 0 Å². The van der Waals surface area contributed by atoms with Crippen molar-refractivity contribution in [2.24, 2.45) is 0 Å². The van der Waals surface area contributed by atoms with Gasteiger partial charge in [0, 0.05) is 25.5 Å². The molecule has 1 aliphatic heterocycles. The topological polar surface area (TPSA) is 117 Å². The third-order valence-corrected chi connectivity index (χ3v) is 6.60. The highest BCUT2D eigenvalue weighted by atomic mass is 35.5. The number of amides is 1. The van der Waals surface area contributed by atoms with E-state index in [0.29, 0.717) is 24.1 Å². The van der Waals surface area contributed by atoms with Crippen molar-refractivity contribution in [3.63, 3.8) is 0 Å². The maximum absolute atomic E-state index is 12.8. The number of nitrogens with one attached hydrogen (secondary N) is 2. The summed E-state index contributed by atoms with van der Waals surface area (Å²) < 4.78 is 32.2. The van der Waals surface area contributed by atoms with Crippen molar-refractivity contribution in [2.45, 2.75) is 4.90 Å². The normalized spacial score (nSPS) is 15.6. The molecule has 3 aromatic rings. The number of carbonyl (C=O) groups excluding carboxylic acids is 1. The molecule has 1 aliphatic rings. The summed E-state index contributed by atoms with van der Waals surface area (Å²) in [6.45, 7) is 1.24. The van der Waals surface area contributed by atoms with E-state index in [0.717, 1.165) is 0 Å². The highest BCUT2D eigenvalue weighted by Crippen LogP contribution is 2.28. The molecule has 11 heteroatoms. The molecule has 0 radical (unpaired) electrons. The van der Waals surface area contributed by atoms with Gasteiger partial charge in [-0.05, 0) is 24.3 Å². The van der Waals surface area contributed by atoms with Crippen LogP contribution in [0.15, 0.2) is 41.6 Å². The van der Waals surface area contributed by atoms with Gasteiger partial charge in [-0.1, -0.05) is 11.6 Å². The highest BCUT2D eigenvalue weighted by molar-refractivity contribution is 7.89. The number of ether oxygens (including phenoxy) is 1. The van der Waals surface area contributed by atoms with Gasteiger partial charge in [-0.3, -0.25) is 14.9 Å². The number of fused-ring (bicyclic) bond motifs is 1. The summed E-state index contributed by atoms with van der Waals surface area (Å²) in [6, 6.07) is 5.89. The zero-order valence-corrected chi connectivity index (χ0v) is 16.1. The first-order chi connectivity index (χ1) is 13.5. The van der Waals surface area contributed by atoms with Gasteiger partial charge in [-0.25, -0.2) is 8.42 Å². The predicted molar refractivity (Wildman–Crippen MR) is 103 cm³/mol. The zero-order chi connectivity index (χ0) is 19.7. The molecule has 2 aromatic heterocycles. The summed E-state index contributed by atoms with van der Waals surface area (Å²) in [5.41, 5.74) is 0.983. The van der Waals surface area contributed by atoms with Crippen molar-refractivity contribution in [3.05, 3.63) is 47.4 Å². The van der Waals surface area contributed by atoms with Crippen LogP contribution >= 0.6 is 11.6 Å². The third-order valence-electron chi connectivity index (χ3n) is 4.37. The molecule has 1 fully saturated rings. The molecule has 146 valence electrons. The Bertz CT molecular complexity index is 1140. The molecular weight excluding hydrogens is 406 g/mol. The highest BCUT2D eigenvalue weighted by Gasteiger charge is 2.27. The fourth-order valence-electron chi connectivity index (χ4n) is 2.91. The van der Waals surface area contributed by atoms with E-state index in [4.69, 9.17) is 16.3 Å². The summed E-state index contributed by atoms with van der Waals surface area (Å²) >= 11 is 6.17. The number of H-pyrrole nitrogens is 1. The summed E-state index contributed by atoms with van der Waals surface area (Å²) in [7, 11) is -3.71.